The van der Waals surface area contributed by atoms with Crippen molar-refractivity contribution in [3.05, 3.63) is 53.6 Å². The van der Waals surface area contributed by atoms with Crippen molar-refractivity contribution >= 4 is 5.78 Å². The van der Waals surface area contributed by atoms with Crippen molar-refractivity contribution in [3.8, 4) is 17.2 Å². The smallest absolute Gasteiger partial charge is 0.174 e. The summed E-state index contributed by atoms with van der Waals surface area (Å²) in [6, 6.07) is 13.2. The maximum Gasteiger partial charge on any atom is 0.174 e. The molecule has 0 spiro atoms. The lowest BCUT2D eigenvalue weighted by Gasteiger charge is -2.13. The maximum absolute atomic E-state index is 12.9. The van der Waals surface area contributed by atoms with Crippen LogP contribution >= 0.6 is 0 Å². The van der Waals surface area contributed by atoms with Crippen molar-refractivity contribution in [1.82, 2.24) is 4.90 Å². The van der Waals surface area contributed by atoms with Crippen LogP contribution in [0.5, 0.6) is 17.2 Å². The standard InChI is InChI=1S/C20H23NO3/c1-4-15-16-7-5-6-8-18(16)24-19-13-14(23-12-11-21(2)3)9-10-17(19)20(15)22/h5-10,13,15H,4,11-12H2,1-3H3/t15-/m1/s1. The van der Waals surface area contributed by atoms with Gasteiger partial charge in [-0.2, -0.15) is 0 Å². The number of ether oxygens (including phenoxy) is 2. The van der Waals surface area contributed by atoms with E-state index >= 15 is 0 Å². The number of likely N-dealkylation sites (N-methyl/N-ethyl adjacent to an activating group) is 1. The molecule has 4 heteroatoms. The largest absolute Gasteiger partial charge is 0.492 e. The fourth-order valence-electron chi connectivity index (χ4n) is 2.94. The molecular weight excluding hydrogens is 302 g/mol. The predicted molar refractivity (Wildman–Crippen MR) is 94.4 cm³/mol. The highest BCUT2D eigenvalue weighted by molar-refractivity contribution is 6.04. The average molecular weight is 325 g/mol. The number of benzene rings is 2. The molecule has 0 bridgehead atoms. The predicted octanol–water partition coefficient (Wildman–Crippen LogP) is 4.11. The van der Waals surface area contributed by atoms with E-state index in [4.69, 9.17) is 9.47 Å². The molecule has 0 amide bonds. The van der Waals surface area contributed by atoms with E-state index in [2.05, 4.69) is 4.90 Å². The zero-order chi connectivity index (χ0) is 17.1. The van der Waals surface area contributed by atoms with Gasteiger partial charge in [-0.1, -0.05) is 25.1 Å². The third-order valence-corrected chi connectivity index (χ3v) is 4.26. The van der Waals surface area contributed by atoms with E-state index in [0.29, 0.717) is 17.9 Å². The van der Waals surface area contributed by atoms with Gasteiger partial charge < -0.3 is 14.4 Å². The molecule has 0 saturated carbocycles. The Labute approximate surface area is 143 Å². The summed E-state index contributed by atoms with van der Waals surface area (Å²) < 4.78 is 11.8. The summed E-state index contributed by atoms with van der Waals surface area (Å²) >= 11 is 0. The minimum Gasteiger partial charge on any atom is -0.492 e. The van der Waals surface area contributed by atoms with Crippen molar-refractivity contribution in [2.75, 3.05) is 27.2 Å². The third-order valence-electron chi connectivity index (χ3n) is 4.26. The Kier molecular flexibility index (Phi) is 4.86. The van der Waals surface area contributed by atoms with Crippen molar-refractivity contribution < 1.29 is 14.3 Å². The molecule has 126 valence electrons. The van der Waals surface area contributed by atoms with Crippen LogP contribution in [0.15, 0.2) is 42.5 Å². The molecule has 3 rings (SSSR count). The van der Waals surface area contributed by atoms with Gasteiger partial charge in [0.1, 0.15) is 23.9 Å². The summed E-state index contributed by atoms with van der Waals surface area (Å²) in [5.74, 6) is 1.99. The Morgan fingerprint density at radius 2 is 1.92 bits per heavy atom. The van der Waals surface area contributed by atoms with E-state index in [-0.39, 0.29) is 11.7 Å². The molecule has 0 fully saturated rings. The van der Waals surface area contributed by atoms with Crippen LogP contribution in [0.25, 0.3) is 0 Å². The first-order valence-electron chi connectivity index (χ1n) is 8.32. The summed E-state index contributed by atoms with van der Waals surface area (Å²) in [6.07, 6.45) is 0.750. The van der Waals surface area contributed by atoms with E-state index in [9.17, 15) is 4.79 Å². The van der Waals surface area contributed by atoms with Crippen molar-refractivity contribution in [1.29, 1.82) is 0 Å². The van der Waals surface area contributed by atoms with Crippen LogP contribution in [0, 0.1) is 0 Å². The van der Waals surface area contributed by atoms with Gasteiger partial charge in [0.2, 0.25) is 0 Å². The topological polar surface area (TPSA) is 38.8 Å². The number of carbonyl (C=O) groups excluding carboxylic acids is 1. The van der Waals surface area contributed by atoms with Crippen molar-refractivity contribution in [2.45, 2.75) is 19.3 Å². The normalized spacial score (nSPS) is 16.2. The third kappa shape index (κ3) is 3.29. The fourth-order valence-corrected chi connectivity index (χ4v) is 2.94. The van der Waals surface area contributed by atoms with Crippen LogP contribution in [-0.4, -0.2) is 37.9 Å². The second-order valence-electron chi connectivity index (χ2n) is 6.27. The highest BCUT2D eigenvalue weighted by Crippen LogP contribution is 2.41. The van der Waals surface area contributed by atoms with Gasteiger partial charge in [-0.15, -0.1) is 0 Å². The van der Waals surface area contributed by atoms with E-state index < -0.39 is 0 Å². The SMILES string of the molecule is CC[C@H]1C(=O)c2ccc(OCCN(C)C)cc2Oc2ccccc21. The Balaban J connectivity index is 1.93. The first-order chi connectivity index (χ1) is 11.6. The van der Waals surface area contributed by atoms with Crippen LogP contribution in [0.2, 0.25) is 0 Å². The Morgan fingerprint density at radius 3 is 2.67 bits per heavy atom. The zero-order valence-corrected chi connectivity index (χ0v) is 14.4. The van der Waals surface area contributed by atoms with Crippen molar-refractivity contribution in [2.24, 2.45) is 0 Å². The first-order valence-corrected chi connectivity index (χ1v) is 8.32. The van der Waals surface area contributed by atoms with Gasteiger partial charge in [0.25, 0.3) is 0 Å². The van der Waals surface area contributed by atoms with Gasteiger partial charge in [0.15, 0.2) is 5.78 Å². The van der Waals surface area contributed by atoms with Gasteiger partial charge >= 0.3 is 0 Å². The molecule has 1 aliphatic heterocycles. The van der Waals surface area contributed by atoms with E-state index in [1.54, 1.807) is 0 Å². The molecule has 1 atom stereocenters. The second kappa shape index (κ2) is 7.05. The molecule has 0 aliphatic carbocycles. The fraction of sp³-hybridized carbons (Fsp3) is 0.350. The van der Waals surface area contributed by atoms with Crippen LogP contribution < -0.4 is 9.47 Å². The summed E-state index contributed by atoms with van der Waals surface area (Å²) in [7, 11) is 4.01. The van der Waals surface area contributed by atoms with Gasteiger partial charge in [-0.3, -0.25) is 4.79 Å². The van der Waals surface area contributed by atoms with Gasteiger partial charge in [-0.05, 0) is 38.7 Å². The molecule has 1 heterocycles. The molecule has 2 aromatic carbocycles. The Morgan fingerprint density at radius 1 is 1.12 bits per heavy atom. The minimum absolute atomic E-state index is 0.109. The highest BCUT2D eigenvalue weighted by atomic mass is 16.5. The number of nitrogens with zero attached hydrogens (tertiary/aromatic N) is 1. The number of hydrogen-bond acceptors (Lipinski definition) is 4. The minimum atomic E-state index is -0.164. The van der Waals surface area contributed by atoms with Crippen LogP contribution in [0.4, 0.5) is 0 Å². The lowest BCUT2D eigenvalue weighted by atomic mass is 9.88. The number of ketones is 1. The summed E-state index contributed by atoms with van der Waals surface area (Å²) in [5.41, 5.74) is 1.58. The molecule has 2 aromatic rings. The maximum atomic E-state index is 12.9. The van der Waals surface area contributed by atoms with Crippen LogP contribution in [0.3, 0.4) is 0 Å². The summed E-state index contributed by atoms with van der Waals surface area (Å²) in [5, 5.41) is 0. The Hall–Kier alpha value is -2.33. The Bertz CT molecular complexity index is 739. The molecule has 24 heavy (non-hydrogen) atoms. The number of hydrogen-bond donors (Lipinski definition) is 0. The summed E-state index contributed by atoms with van der Waals surface area (Å²) in [4.78, 5) is 15.0. The van der Waals surface area contributed by atoms with Crippen LogP contribution in [0.1, 0.15) is 35.2 Å². The van der Waals surface area contributed by atoms with E-state index in [1.165, 1.54) is 0 Å². The number of carbonyl (C=O) groups is 1. The van der Waals surface area contributed by atoms with Crippen molar-refractivity contribution in [3.63, 3.8) is 0 Å². The molecule has 0 aromatic heterocycles. The molecule has 0 N–H and O–H groups in total. The quantitative estimate of drug-likeness (QED) is 0.829. The van der Waals surface area contributed by atoms with E-state index in [0.717, 1.165) is 30.0 Å². The second-order valence-corrected chi connectivity index (χ2v) is 6.27. The zero-order valence-electron chi connectivity index (χ0n) is 14.4. The average Bonchev–Trinajstić information content (AvgIpc) is 2.68. The van der Waals surface area contributed by atoms with E-state index in [1.807, 2.05) is 63.5 Å². The van der Waals surface area contributed by atoms with Gasteiger partial charge in [0, 0.05) is 18.2 Å². The number of rotatable bonds is 5. The molecule has 0 radical (unpaired) electrons. The van der Waals surface area contributed by atoms with Gasteiger partial charge in [0.05, 0.1) is 11.5 Å². The monoisotopic (exact) mass is 325 g/mol. The molecule has 1 aliphatic rings. The highest BCUT2D eigenvalue weighted by Gasteiger charge is 2.29. The molecule has 0 saturated heterocycles. The van der Waals surface area contributed by atoms with Crippen LogP contribution in [-0.2, 0) is 0 Å². The molecular formula is C20H23NO3. The summed E-state index contributed by atoms with van der Waals surface area (Å²) in [6.45, 7) is 3.45. The number of fused-ring (bicyclic) bond motifs is 2. The molecule has 4 nitrogen and oxygen atoms in total. The number of Topliss-reactive ketones (excluding diaryl/α,β-unsaturated/α-hetero) is 1. The molecule has 0 unspecified atom stereocenters. The first kappa shape index (κ1) is 16.5. The lowest BCUT2D eigenvalue weighted by molar-refractivity contribution is 0.0958. The van der Waals surface area contributed by atoms with Gasteiger partial charge in [-0.25, -0.2) is 0 Å². The number of para-hydroxylation sites is 1. The lowest BCUT2D eigenvalue weighted by Crippen LogP contribution is -2.19.